The number of nitrogens with zero attached hydrogens (tertiary/aromatic N) is 1. The van der Waals surface area contributed by atoms with E-state index in [0.29, 0.717) is 0 Å². The molecule has 0 radical (unpaired) electrons. The second-order valence-electron chi connectivity index (χ2n) is 17.8. The minimum atomic E-state index is -3.38. The highest BCUT2D eigenvalue weighted by Crippen LogP contribution is 2.41. The highest BCUT2D eigenvalue weighted by Gasteiger charge is 2.61. The maximum atomic E-state index is 14.5. The topological polar surface area (TPSA) is 224 Å². The van der Waals surface area contributed by atoms with E-state index in [9.17, 15) is 33.6 Å². The van der Waals surface area contributed by atoms with E-state index in [1.54, 1.807) is 0 Å². The molecule has 3 aliphatic rings. The van der Waals surface area contributed by atoms with Gasteiger partial charge in [-0.05, 0) is 27.5 Å². The molecule has 0 unspecified atom stereocenters. The van der Waals surface area contributed by atoms with Crippen LogP contribution in [0.15, 0.2) is 110 Å². The van der Waals surface area contributed by atoms with Crippen LogP contribution in [0.25, 0.3) is 0 Å². The SMILES string of the molecule is C=CCOC(=O)O[C@H]1[C@H](OC(C)=O)[C@@H](COC(C)=O)O[C@@H](O[C@H]2[C@H](OC(C)=O)[C@H](OCC=C)O[C@@H](CO[Si](c3ccccc3)(c3ccccc3)C(C)(C)C)[C@H]2OC(C)=O)[C@@H]1N1C(=O)c2ccccc2C1=O. The van der Waals surface area contributed by atoms with Crippen LogP contribution in [0, 0.1) is 0 Å². The van der Waals surface area contributed by atoms with Crippen LogP contribution in [0.3, 0.4) is 0 Å². The Kier molecular flexibility index (Phi) is 17.9. The predicted octanol–water partition coefficient (Wildman–Crippen LogP) is 4.33. The summed E-state index contributed by atoms with van der Waals surface area (Å²) in [4.78, 5) is 95.0. The van der Waals surface area contributed by atoms with Gasteiger partial charge in [-0.25, -0.2) is 4.79 Å². The molecule has 3 aliphatic heterocycles. The van der Waals surface area contributed by atoms with Crippen molar-refractivity contribution in [3.05, 3.63) is 121 Å². The van der Waals surface area contributed by atoms with E-state index in [2.05, 4.69) is 33.9 Å². The Labute approximate surface area is 412 Å². The quantitative estimate of drug-likeness (QED) is 0.0536. The number of imide groups is 1. The van der Waals surface area contributed by atoms with E-state index < -0.39 is 123 Å². The van der Waals surface area contributed by atoms with Crippen LogP contribution >= 0.6 is 0 Å². The highest BCUT2D eigenvalue weighted by molar-refractivity contribution is 6.99. The van der Waals surface area contributed by atoms with Crippen LogP contribution in [0.1, 0.15) is 69.2 Å². The molecule has 3 aromatic rings. The molecule has 0 bridgehead atoms. The largest absolute Gasteiger partial charge is 0.509 e. The minimum Gasteiger partial charge on any atom is -0.463 e. The number of carbonyl (C=O) groups excluding carboxylic acids is 7. The van der Waals surface area contributed by atoms with Crippen LogP contribution in [0.5, 0.6) is 0 Å². The van der Waals surface area contributed by atoms with Gasteiger partial charge in [0.15, 0.2) is 37.0 Å². The zero-order valence-corrected chi connectivity index (χ0v) is 41.5. The van der Waals surface area contributed by atoms with E-state index in [4.69, 9.17) is 51.8 Å². The summed E-state index contributed by atoms with van der Waals surface area (Å²) in [6.07, 6.45) is -13.7. The molecule has 19 nitrogen and oxygen atoms in total. The lowest BCUT2D eigenvalue weighted by molar-refractivity contribution is -0.351. The number of benzene rings is 3. The molecule has 0 aliphatic carbocycles. The standard InChI is InChI=1S/C51H59NO18Si/c1-10-26-60-49-45(66-33(6)56)44(42(65-32(5)55)39(68-49)29-63-71(51(7,8)9,34-20-14-12-15-21-34)35-22-16-13-17-23-35)69-48-40(52-46(57)36-24-18-19-25-37(36)47(52)58)43(70-50(59)61-27-11-2)41(64-31(4)54)38(67-48)28-62-30(3)53/h10-25,38-45,48-49H,1-2,26-29H2,3-9H3/t38-,39+,40-,41-,42-,43-,44-,45+,48+,49-/m1/s1. The van der Waals surface area contributed by atoms with Crippen molar-refractivity contribution in [1.82, 2.24) is 4.90 Å². The summed E-state index contributed by atoms with van der Waals surface area (Å²) >= 11 is 0. The van der Waals surface area contributed by atoms with Gasteiger partial charge in [-0.3, -0.25) is 33.7 Å². The molecule has 0 N–H and O–H groups in total. The fraction of sp³-hybridized carbons (Fsp3) is 0.431. The lowest BCUT2D eigenvalue weighted by atomic mass is 9.93. The molecule has 2 amide bonds. The van der Waals surface area contributed by atoms with Crippen molar-refractivity contribution in [3.63, 3.8) is 0 Å². The van der Waals surface area contributed by atoms with Gasteiger partial charge in [0.2, 0.25) is 0 Å². The number of amides is 2. The Balaban J connectivity index is 1.55. The first kappa shape index (κ1) is 53.8. The third kappa shape index (κ3) is 12.1. The van der Waals surface area contributed by atoms with Crippen LogP contribution in [0.2, 0.25) is 5.04 Å². The van der Waals surface area contributed by atoms with Crippen LogP contribution < -0.4 is 10.4 Å². The molecule has 71 heavy (non-hydrogen) atoms. The Hall–Kier alpha value is -6.55. The van der Waals surface area contributed by atoms with Crippen molar-refractivity contribution in [1.29, 1.82) is 0 Å². The van der Waals surface area contributed by atoms with E-state index >= 15 is 0 Å². The van der Waals surface area contributed by atoms with Crippen LogP contribution in [-0.4, -0.2) is 143 Å². The monoisotopic (exact) mass is 1000 g/mol. The first-order chi connectivity index (χ1) is 33.8. The fourth-order valence-electron chi connectivity index (χ4n) is 9.07. The van der Waals surface area contributed by atoms with Crippen LogP contribution in [-0.2, 0) is 71.0 Å². The lowest BCUT2D eigenvalue weighted by Gasteiger charge is -2.51. The summed E-state index contributed by atoms with van der Waals surface area (Å²) in [5.74, 6) is -5.23. The van der Waals surface area contributed by atoms with Crippen molar-refractivity contribution in [3.8, 4) is 0 Å². The fourth-order valence-corrected chi connectivity index (χ4v) is 13.6. The molecule has 10 atom stereocenters. The molecule has 0 spiro atoms. The molecule has 2 fully saturated rings. The molecule has 380 valence electrons. The van der Waals surface area contributed by atoms with Gasteiger partial charge in [-0.2, -0.15) is 0 Å². The van der Waals surface area contributed by atoms with Gasteiger partial charge in [-0.1, -0.05) is 112 Å². The van der Waals surface area contributed by atoms with Crippen molar-refractivity contribution in [2.75, 3.05) is 26.4 Å². The summed E-state index contributed by atoms with van der Waals surface area (Å²) in [5, 5.41) is 1.26. The van der Waals surface area contributed by atoms with Gasteiger partial charge < -0.3 is 51.8 Å². The van der Waals surface area contributed by atoms with E-state index in [1.807, 2.05) is 60.7 Å². The number of esters is 4. The van der Waals surface area contributed by atoms with Gasteiger partial charge in [-0.15, -0.1) is 6.58 Å². The van der Waals surface area contributed by atoms with Crippen molar-refractivity contribution in [2.45, 2.75) is 115 Å². The number of rotatable bonds is 19. The van der Waals surface area contributed by atoms with E-state index in [0.717, 1.165) is 43.0 Å². The van der Waals surface area contributed by atoms with Gasteiger partial charge in [0.05, 0.1) is 24.3 Å². The molecule has 2 saturated heterocycles. The minimum absolute atomic E-state index is 0.0459. The van der Waals surface area contributed by atoms with Gasteiger partial charge in [0.25, 0.3) is 20.1 Å². The van der Waals surface area contributed by atoms with E-state index in [1.165, 1.54) is 36.4 Å². The Morgan fingerprint density at radius 1 is 0.592 bits per heavy atom. The Morgan fingerprint density at radius 2 is 1.07 bits per heavy atom. The molecule has 0 aromatic heterocycles. The summed E-state index contributed by atoms with van der Waals surface area (Å²) in [5.41, 5.74) is -0.0919. The molecule has 3 aromatic carbocycles. The number of ether oxygens (including phenoxy) is 10. The molecular weight excluding hydrogens is 943 g/mol. The lowest BCUT2D eigenvalue weighted by Crippen LogP contribution is -2.71. The third-order valence-electron chi connectivity index (χ3n) is 11.8. The molecule has 0 saturated carbocycles. The zero-order valence-electron chi connectivity index (χ0n) is 40.5. The maximum Gasteiger partial charge on any atom is 0.509 e. The first-order valence-electron chi connectivity index (χ1n) is 22.8. The molecule has 20 heteroatoms. The second kappa shape index (κ2) is 23.6. The maximum absolute atomic E-state index is 14.5. The molecule has 6 rings (SSSR count). The molecular formula is C51H59NO18Si. The van der Waals surface area contributed by atoms with Crippen LogP contribution in [0.4, 0.5) is 4.79 Å². The third-order valence-corrected chi connectivity index (χ3v) is 16.8. The summed E-state index contributed by atoms with van der Waals surface area (Å²) in [6, 6.07) is 23.3. The van der Waals surface area contributed by atoms with Crippen molar-refractivity contribution >= 4 is 60.5 Å². The average molecular weight is 1000 g/mol. The van der Waals surface area contributed by atoms with Gasteiger partial charge in [0, 0.05) is 27.7 Å². The number of hydrogen-bond donors (Lipinski definition) is 0. The highest BCUT2D eigenvalue weighted by atomic mass is 28.4. The van der Waals surface area contributed by atoms with Crippen molar-refractivity contribution < 1.29 is 85.4 Å². The first-order valence-corrected chi connectivity index (χ1v) is 24.7. The number of fused-ring (bicyclic) bond motifs is 1. The Bertz CT molecular complexity index is 2350. The summed E-state index contributed by atoms with van der Waals surface area (Å²) < 4.78 is 67.5. The normalized spacial score (nSPS) is 25.3. The number of carbonyl (C=O) groups is 7. The summed E-state index contributed by atoms with van der Waals surface area (Å²) in [7, 11) is -3.38. The average Bonchev–Trinajstić information content (AvgIpc) is 3.57. The second-order valence-corrected chi connectivity index (χ2v) is 22.1. The molecule has 3 heterocycles. The smallest absolute Gasteiger partial charge is 0.463 e. The van der Waals surface area contributed by atoms with E-state index in [-0.39, 0.29) is 30.9 Å². The van der Waals surface area contributed by atoms with Crippen molar-refractivity contribution in [2.24, 2.45) is 0 Å². The summed E-state index contributed by atoms with van der Waals surface area (Å²) in [6.45, 7) is 16.4. The Morgan fingerprint density at radius 3 is 1.56 bits per heavy atom. The van der Waals surface area contributed by atoms with Gasteiger partial charge >= 0.3 is 30.0 Å². The number of hydrogen-bond acceptors (Lipinski definition) is 18. The van der Waals surface area contributed by atoms with Gasteiger partial charge in [0.1, 0.15) is 37.6 Å². The zero-order chi connectivity index (χ0) is 51.6. The predicted molar refractivity (Wildman–Crippen MR) is 252 cm³/mol.